The summed E-state index contributed by atoms with van der Waals surface area (Å²) in [4.78, 5) is 6.64. The molecule has 72 valence electrons. The van der Waals surface area contributed by atoms with Crippen molar-refractivity contribution >= 4 is 5.95 Å². The molecule has 14 heavy (non-hydrogen) atoms. The first kappa shape index (κ1) is 8.43. The monoisotopic (exact) mass is 191 g/mol. The Bertz CT molecular complexity index is 465. The van der Waals surface area contributed by atoms with Gasteiger partial charge in [0, 0.05) is 5.56 Å². The number of rotatable bonds is 1. The standard InChI is InChI=1S/C9H9N3O2/c10-9-11-4-6(12-9)5-1-2-7(13)8(14)3-5/h1-4,13-14H,(H3,10,11,12). The van der Waals surface area contributed by atoms with Crippen LogP contribution in [0.3, 0.4) is 0 Å². The Balaban J connectivity index is 2.47. The minimum atomic E-state index is -0.171. The van der Waals surface area contributed by atoms with Crippen molar-refractivity contribution in [2.45, 2.75) is 0 Å². The summed E-state index contributed by atoms with van der Waals surface area (Å²) in [5, 5.41) is 18.3. The highest BCUT2D eigenvalue weighted by Gasteiger charge is 2.04. The van der Waals surface area contributed by atoms with E-state index in [0.717, 1.165) is 0 Å². The van der Waals surface area contributed by atoms with Crippen molar-refractivity contribution in [2.75, 3.05) is 5.73 Å². The second kappa shape index (κ2) is 2.95. The van der Waals surface area contributed by atoms with Crippen molar-refractivity contribution in [3.8, 4) is 22.8 Å². The van der Waals surface area contributed by atoms with E-state index in [9.17, 15) is 5.11 Å². The molecule has 0 amide bonds. The first-order chi connectivity index (χ1) is 6.66. The molecule has 0 aliphatic heterocycles. The molecular formula is C9H9N3O2. The van der Waals surface area contributed by atoms with Crippen LogP contribution < -0.4 is 5.73 Å². The second-order valence-electron chi connectivity index (χ2n) is 2.89. The van der Waals surface area contributed by atoms with E-state index in [2.05, 4.69) is 9.97 Å². The molecular weight excluding hydrogens is 182 g/mol. The van der Waals surface area contributed by atoms with E-state index in [-0.39, 0.29) is 11.5 Å². The van der Waals surface area contributed by atoms with Gasteiger partial charge in [-0.05, 0) is 18.2 Å². The maximum absolute atomic E-state index is 9.25. The van der Waals surface area contributed by atoms with Gasteiger partial charge in [0.05, 0.1) is 11.9 Å². The summed E-state index contributed by atoms with van der Waals surface area (Å²) in [7, 11) is 0. The van der Waals surface area contributed by atoms with E-state index in [1.807, 2.05) is 0 Å². The first-order valence-corrected chi connectivity index (χ1v) is 3.99. The zero-order valence-corrected chi connectivity index (χ0v) is 7.23. The largest absolute Gasteiger partial charge is 0.504 e. The average Bonchev–Trinajstić information content (AvgIpc) is 2.57. The predicted molar refractivity (Wildman–Crippen MR) is 51.8 cm³/mol. The third kappa shape index (κ3) is 1.35. The van der Waals surface area contributed by atoms with Gasteiger partial charge in [0.1, 0.15) is 0 Å². The number of nitrogens with zero attached hydrogens (tertiary/aromatic N) is 1. The SMILES string of the molecule is Nc1ncc(-c2ccc(O)c(O)c2)[nH]1. The predicted octanol–water partition coefficient (Wildman–Crippen LogP) is 1.07. The van der Waals surface area contributed by atoms with Gasteiger partial charge in [0.15, 0.2) is 17.4 Å². The van der Waals surface area contributed by atoms with Gasteiger partial charge in [-0.15, -0.1) is 0 Å². The van der Waals surface area contributed by atoms with E-state index >= 15 is 0 Å². The van der Waals surface area contributed by atoms with Crippen LogP contribution in [0.5, 0.6) is 11.5 Å². The van der Waals surface area contributed by atoms with Gasteiger partial charge in [0.25, 0.3) is 0 Å². The molecule has 2 rings (SSSR count). The fourth-order valence-electron chi connectivity index (χ4n) is 1.17. The van der Waals surface area contributed by atoms with Crippen LogP contribution in [0.1, 0.15) is 0 Å². The summed E-state index contributed by atoms with van der Waals surface area (Å²) in [5.41, 5.74) is 6.81. The minimum Gasteiger partial charge on any atom is -0.504 e. The van der Waals surface area contributed by atoms with E-state index in [1.54, 1.807) is 12.3 Å². The van der Waals surface area contributed by atoms with Crippen LogP contribution in [-0.2, 0) is 0 Å². The van der Waals surface area contributed by atoms with Gasteiger partial charge in [-0.2, -0.15) is 0 Å². The molecule has 1 aromatic heterocycles. The van der Waals surface area contributed by atoms with E-state index in [0.29, 0.717) is 17.2 Å². The molecule has 0 unspecified atom stereocenters. The van der Waals surface area contributed by atoms with Crippen LogP contribution in [0.15, 0.2) is 24.4 Å². The van der Waals surface area contributed by atoms with Crippen molar-refractivity contribution in [3.63, 3.8) is 0 Å². The summed E-state index contributed by atoms with van der Waals surface area (Å²) < 4.78 is 0. The van der Waals surface area contributed by atoms with E-state index in [1.165, 1.54) is 12.1 Å². The van der Waals surface area contributed by atoms with E-state index < -0.39 is 0 Å². The summed E-state index contributed by atoms with van der Waals surface area (Å²) in [5.74, 6) is -0.00975. The quantitative estimate of drug-likeness (QED) is 0.507. The number of aromatic nitrogens is 2. The number of anilines is 1. The zero-order chi connectivity index (χ0) is 10.1. The maximum atomic E-state index is 9.25. The molecule has 0 radical (unpaired) electrons. The molecule has 0 bridgehead atoms. The second-order valence-corrected chi connectivity index (χ2v) is 2.89. The number of aromatic amines is 1. The number of hydrogen-bond acceptors (Lipinski definition) is 4. The molecule has 0 spiro atoms. The number of hydrogen-bond donors (Lipinski definition) is 4. The number of H-pyrrole nitrogens is 1. The van der Waals surface area contributed by atoms with Crippen molar-refractivity contribution in [2.24, 2.45) is 0 Å². The number of phenolic OH excluding ortho intramolecular Hbond substituents is 2. The smallest absolute Gasteiger partial charge is 0.197 e. The van der Waals surface area contributed by atoms with Gasteiger partial charge in [0.2, 0.25) is 0 Å². The fraction of sp³-hybridized carbons (Fsp3) is 0. The van der Waals surface area contributed by atoms with Crippen molar-refractivity contribution < 1.29 is 10.2 Å². The number of aromatic hydroxyl groups is 2. The van der Waals surface area contributed by atoms with Crippen LogP contribution in [0.2, 0.25) is 0 Å². The molecule has 1 aromatic carbocycles. The molecule has 0 fully saturated rings. The van der Waals surface area contributed by atoms with Gasteiger partial charge in [-0.25, -0.2) is 4.98 Å². The molecule has 0 saturated carbocycles. The lowest BCUT2D eigenvalue weighted by atomic mass is 10.1. The highest BCUT2D eigenvalue weighted by Crippen LogP contribution is 2.29. The number of imidazole rings is 1. The summed E-state index contributed by atoms with van der Waals surface area (Å²) >= 11 is 0. The first-order valence-electron chi connectivity index (χ1n) is 3.99. The summed E-state index contributed by atoms with van der Waals surface area (Å²) in [6.07, 6.45) is 1.56. The molecule has 5 heteroatoms. The van der Waals surface area contributed by atoms with Crippen molar-refractivity contribution in [3.05, 3.63) is 24.4 Å². The lowest BCUT2D eigenvalue weighted by molar-refractivity contribution is 0.404. The minimum absolute atomic E-state index is 0.152. The van der Waals surface area contributed by atoms with Crippen LogP contribution in [0, 0.1) is 0 Å². The van der Waals surface area contributed by atoms with Crippen molar-refractivity contribution in [1.82, 2.24) is 9.97 Å². The number of nitrogen functional groups attached to an aromatic ring is 1. The molecule has 5 N–H and O–H groups in total. The van der Waals surface area contributed by atoms with Gasteiger partial charge < -0.3 is 20.9 Å². The molecule has 0 atom stereocenters. The third-order valence-corrected chi connectivity index (χ3v) is 1.88. The molecule has 2 aromatic rings. The van der Waals surface area contributed by atoms with Crippen molar-refractivity contribution in [1.29, 1.82) is 0 Å². The number of nitrogens with two attached hydrogens (primary N) is 1. The molecule has 5 nitrogen and oxygen atoms in total. The van der Waals surface area contributed by atoms with Crippen LogP contribution >= 0.6 is 0 Å². The Morgan fingerprint density at radius 1 is 1.21 bits per heavy atom. The normalized spacial score (nSPS) is 10.3. The Kier molecular flexibility index (Phi) is 1.78. The highest BCUT2D eigenvalue weighted by molar-refractivity contribution is 5.63. The molecule has 0 aliphatic carbocycles. The van der Waals surface area contributed by atoms with Crippen LogP contribution in [-0.4, -0.2) is 20.2 Å². The van der Waals surface area contributed by atoms with E-state index in [4.69, 9.17) is 10.8 Å². The van der Waals surface area contributed by atoms with Gasteiger partial charge >= 0.3 is 0 Å². The molecule has 0 saturated heterocycles. The number of phenols is 2. The Labute approximate surface area is 79.8 Å². The lowest BCUT2D eigenvalue weighted by Gasteiger charge is -2.00. The third-order valence-electron chi connectivity index (χ3n) is 1.88. The zero-order valence-electron chi connectivity index (χ0n) is 7.23. The Morgan fingerprint density at radius 3 is 2.57 bits per heavy atom. The van der Waals surface area contributed by atoms with Crippen LogP contribution in [0.25, 0.3) is 11.3 Å². The van der Waals surface area contributed by atoms with Gasteiger partial charge in [-0.1, -0.05) is 0 Å². The lowest BCUT2D eigenvalue weighted by Crippen LogP contribution is -1.85. The summed E-state index contributed by atoms with van der Waals surface area (Å²) in [6, 6.07) is 4.49. The molecule has 1 heterocycles. The Hall–Kier alpha value is -2.17. The topological polar surface area (TPSA) is 95.2 Å². The maximum Gasteiger partial charge on any atom is 0.197 e. The fourth-order valence-corrected chi connectivity index (χ4v) is 1.17. The number of nitrogens with one attached hydrogen (secondary N) is 1. The van der Waals surface area contributed by atoms with Crippen LogP contribution in [0.4, 0.5) is 5.95 Å². The number of benzene rings is 1. The highest BCUT2D eigenvalue weighted by atomic mass is 16.3. The average molecular weight is 191 g/mol. The van der Waals surface area contributed by atoms with Gasteiger partial charge in [-0.3, -0.25) is 0 Å². The molecule has 0 aliphatic rings. The summed E-state index contributed by atoms with van der Waals surface area (Å²) in [6.45, 7) is 0. The Morgan fingerprint density at radius 2 is 2.00 bits per heavy atom.